The van der Waals surface area contributed by atoms with E-state index in [9.17, 15) is 9.50 Å². The molecule has 2 fully saturated rings. The first-order valence-corrected chi connectivity index (χ1v) is 9.52. The predicted molar refractivity (Wildman–Crippen MR) is 102 cm³/mol. The molecule has 1 aromatic heterocycles. The molecule has 27 heavy (non-hydrogen) atoms. The Labute approximate surface area is 158 Å². The van der Waals surface area contributed by atoms with E-state index in [1.54, 1.807) is 12.1 Å². The van der Waals surface area contributed by atoms with Crippen LogP contribution in [0.4, 0.5) is 16.2 Å². The van der Waals surface area contributed by atoms with E-state index in [0.717, 1.165) is 24.5 Å². The van der Waals surface area contributed by atoms with Crippen molar-refractivity contribution in [3.05, 3.63) is 47.4 Å². The summed E-state index contributed by atoms with van der Waals surface area (Å²) < 4.78 is 19.7. The minimum atomic E-state index is -0.323. The van der Waals surface area contributed by atoms with Gasteiger partial charge in [0.25, 0.3) is 0 Å². The van der Waals surface area contributed by atoms with Gasteiger partial charge in [0.05, 0.1) is 18.4 Å². The monoisotopic (exact) mass is 372 g/mol. The summed E-state index contributed by atoms with van der Waals surface area (Å²) in [6.07, 6.45) is 0.619. The van der Waals surface area contributed by atoms with Crippen LogP contribution in [0.2, 0.25) is 0 Å². The van der Waals surface area contributed by atoms with E-state index >= 15 is 0 Å². The van der Waals surface area contributed by atoms with Crippen LogP contribution in [0.15, 0.2) is 30.3 Å². The van der Waals surface area contributed by atoms with Gasteiger partial charge in [0.2, 0.25) is 5.95 Å². The van der Waals surface area contributed by atoms with Gasteiger partial charge < -0.3 is 19.6 Å². The Bertz CT molecular complexity index is 791. The second-order valence-corrected chi connectivity index (χ2v) is 7.18. The molecule has 1 atom stereocenters. The van der Waals surface area contributed by atoms with Crippen molar-refractivity contribution in [3.63, 3.8) is 0 Å². The van der Waals surface area contributed by atoms with E-state index in [0.29, 0.717) is 44.3 Å². The van der Waals surface area contributed by atoms with Gasteiger partial charge in [0.15, 0.2) is 0 Å². The highest BCUT2D eigenvalue weighted by molar-refractivity contribution is 5.48. The van der Waals surface area contributed by atoms with Crippen LogP contribution in [0.1, 0.15) is 30.5 Å². The third kappa shape index (κ3) is 3.89. The molecule has 4 rings (SSSR count). The van der Waals surface area contributed by atoms with Crippen LogP contribution in [0.5, 0.6) is 0 Å². The number of aliphatic hydroxyl groups is 1. The van der Waals surface area contributed by atoms with E-state index in [-0.39, 0.29) is 17.8 Å². The minimum absolute atomic E-state index is 0.208. The number of benzene rings is 1. The molecular formula is C20H25FN4O2. The van der Waals surface area contributed by atoms with Crippen molar-refractivity contribution in [2.24, 2.45) is 0 Å². The standard InChI is InChI=1S/C20H25FN4O2/c1-2-24(10-14-5-3-4-6-17(14)21)19-9-18(15-7-8-27-13-15)22-20(23-19)25-11-16(26)12-25/h3-6,9,15-16,26H,2,7-8,10-13H2,1H3/t15-/m1/s1. The van der Waals surface area contributed by atoms with E-state index < -0.39 is 0 Å². The highest BCUT2D eigenvalue weighted by Gasteiger charge is 2.29. The molecule has 0 radical (unpaired) electrons. The molecule has 0 saturated carbocycles. The summed E-state index contributed by atoms with van der Waals surface area (Å²) >= 11 is 0. The Morgan fingerprint density at radius 2 is 2.11 bits per heavy atom. The molecule has 0 bridgehead atoms. The largest absolute Gasteiger partial charge is 0.389 e. The molecule has 144 valence electrons. The molecule has 0 amide bonds. The Morgan fingerprint density at radius 3 is 2.78 bits per heavy atom. The SMILES string of the molecule is CCN(Cc1ccccc1F)c1cc([C@@H]2CCOC2)nc(N2CC(O)C2)n1. The minimum Gasteiger partial charge on any atom is -0.389 e. The molecule has 2 aromatic rings. The summed E-state index contributed by atoms with van der Waals surface area (Å²) in [5, 5.41) is 9.64. The molecule has 2 saturated heterocycles. The van der Waals surface area contributed by atoms with Crippen molar-refractivity contribution in [1.29, 1.82) is 0 Å². The Morgan fingerprint density at radius 1 is 1.30 bits per heavy atom. The first-order valence-electron chi connectivity index (χ1n) is 9.52. The van der Waals surface area contributed by atoms with Gasteiger partial charge in [-0.1, -0.05) is 18.2 Å². The molecule has 6 nitrogen and oxygen atoms in total. The molecule has 0 unspecified atom stereocenters. The predicted octanol–water partition coefficient (Wildman–Crippen LogP) is 2.33. The van der Waals surface area contributed by atoms with Gasteiger partial charge in [-0.3, -0.25) is 0 Å². The maximum absolute atomic E-state index is 14.1. The van der Waals surface area contributed by atoms with Crippen LogP contribution >= 0.6 is 0 Å². The smallest absolute Gasteiger partial charge is 0.227 e. The van der Waals surface area contributed by atoms with Gasteiger partial charge in [-0.25, -0.2) is 9.37 Å². The van der Waals surface area contributed by atoms with Crippen molar-refractivity contribution in [1.82, 2.24) is 9.97 Å². The van der Waals surface area contributed by atoms with Crippen LogP contribution in [-0.2, 0) is 11.3 Å². The quantitative estimate of drug-likeness (QED) is 0.840. The summed E-state index contributed by atoms with van der Waals surface area (Å²) in [6, 6.07) is 8.84. The lowest BCUT2D eigenvalue weighted by Crippen LogP contribution is -2.51. The highest BCUT2D eigenvalue weighted by atomic mass is 19.1. The van der Waals surface area contributed by atoms with Crippen LogP contribution in [0, 0.1) is 5.82 Å². The fourth-order valence-electron chi connectivity index (χ4n) is 3.53. The number of hydrogen-bond acceptors (Lipinski definition) is 6. The summed E-state index contributed by atoms with van der Waals surface area (Å²) in [5.41, 5.74) is 1.60. The van der Waals surface area contributed by atoms with Crippen LogP contribution < -0.4 is 9.80 Å². The fraction of sp³-hybridized carbons (Fsp3) is 0.500. The average Bonchev–Trinajstić information content (AvgIpc) is 3.19. The zero-order valence-corrected chi connectivity index (χ0v) is 15.5. The summed E-state index contributed by atoms with van der Waals surface area (Å²) in [7, 11) is 0. The molecule has 7 heteroatoms. The van der Waals surface area contributed by atoms with Crippen molar-refractivity contribution in [3.8, 4) is 0 Å². The normalized spacial score (nSPS) is 20.0. The molecular weight excluding hydrogens is 347 g/mol. The first-order chi connectivity index (χ1) is 13.1. The second kappa shape index (κ2) is 7.78. The van der Waals surface area contributed by atoms with Gasteiger partial charge in [0.1, 0.15) is 11.6 Å². The average molecular weight is 372 g/mol. The van der Waals surface area contributed by atoms with E-state index in [4.69, 9.17) is 14.7 Å². The van der Waals surface area contributed by atoms with Crippen molar-refractivity contribution >= 4 is 11.8 Å². The molecule has 1 N–H and O–H groups in total. The molecule has 0 aliphatic carbocycles. The van der Waals surface area contributed by atoms with Crippen LogP contribution in [0.25, 0.3) is 0 Å². The van der Waals surface area contributed by atoms with E-state index in [1.807, 2.05) is 24.0 Å². The highest BCUT2D eigenvalue weighted by Crippen LogP contribution is 2.30. The summed E-state index contributed by atoms with van der Waals surface area (Å²) in [5.74, 6) is 1.46. The lowest BCUT2D eigenvalue weighted by atomic mass is 10.0. The van der Waals surface area contributed by atoms with Gasteiger partial charge in [-0.2, -0.15) is 4.98 Å². The number of rotatable bonds is 6. The Kier molecular flexibility index (Phi) is 5.22. The molecule has 0 spiro atoms. The second-order valence-electron chi connectivity index (χ2n) is 7.18. The lowest BCUT2D eigenvalue weighted by molar-refractivity contribution is 0.140. The number of aromatic nitrogens is 2. The van der Waals surface area contributed by atoms with Gasteiger partial charge in [-0.15, -0.1) is 0 Å². The zero-order valence-electron chi connectivity index (χ0n) is 15.5. The number of ether oxygens (including phenoxy) is 1. The molecule has 3 heterocycles. The van der Waals surface area contributed by atoms with Gasteiger partial charge >= 0.3 is 0 Å². The van der Waals surface area contributed by atoms with Crippen LogP contribution in [-0.4, -0.2) is 54.0 Å². The number of halogens is 1. The summed E-state index contributed by atoms with van der Waals surface area (Å²) in [6.45, 7) is 5.69. The maximum Gasteiger partial charge on any atom is 0.227 e. The number of nitrogens with zero attached hydrogens (tertiary/aromatic N) is 4. The van der Waals surface area contributed by atoms with Crippen molar-refractivity contribution in [2.45, 2.75) is 31.9 Å². The molecule has 2 aliphatic heterocycles. The fourth-order valence-corrected chi connectivity index (χ4v) is 3.53. The van der Waals surface area contributed by atoms with E-state index in [1.165, 1.54) is 6.07 Å². The number of β-amino-alcohol motifs (C(OH)–C–C–N with tert-alkyl or cyclic N) is 1. The zero-order chi connectivity index (χ0) is 18.8. The molecule has 1 aromatic carbocycles. The van der Waals surface area contributed by atoms with E-state index in [2.05, 4.69) is 4.90 Å². The van der Waals surface area contributed by atoms with Crippen molar-refractivity contribution < 1.29 is 14.2 Å². The summed E-state index contributed by atoms with van der Waals surface area (Å²) in [4.78, 5) is 13.5. The maximum atomic E-state index is 14.1. The number of aliphatic hydroxyl groups excluding tert-OH is 1. The number of anilines is 2. The Balaban J connectivity index is 1.65. The number of hydrogen-bond donors (Lipinski definition) is 1. The third-order valence-electron chi connectivity index (χ3n) is 5.24. The van der Waals surface area contributed by atoms with Crippen LogP contribution in [0.3, 0.4) is 0 Å². The van der Waals surface area contributed by atoms with Crippen molar-refractivity contribution in [2.75, 3.05) is 42.6 Å². The topological polar surface area (TPSA) is 61.7 Å². The van der Waals surface area contributed by atoms with Gasteiger partial charge in [-0.05, 0) is 19.4 Å². The first kappa shape index (κ1) is 18.1. The van der Waals surface area contributed by atoms with Gasteiger partial charge in [0, 0.05) is 50.3 Å². The Hall–Kier alpha value is -2.25. The molecule has 2 aliphatic rings. The lowest BCUT2D eigenvalue weighted by Gasteiger charge is -2.36. The third-order valence-corrected chi connectivity index (χ3v) is 5.24.